The lowest BCUT2D eigenvalue weighted by Gasteiger charge is -2.15. The van der Waals surface area contributed by atoms with E-state index in [2.05, 4.69) is 6.92 Å². The van der Waals surface area contributed by atoms with Gasteiger partial charge in [-0.15, -0.1) is 0 Å². The van der Waals surface area contributed by atoms with Crippen LogP contribution >= 0.6 is 0 Å². The summed E-state index contributed by atoms with van der Waals surface area (Å²) >= 11 is 0. The van der Waals surface area contributed by atoms with Crippen molar-refractivity contribution in [1.82, 2.24) is 0 Å². The Labute approximate surface area is 183 Å². The summed E-state index contributed by atoms with van der Waals surface area (Å²) in [6.07, 6.45) is 16.8. The van der Waals surface area contributed by atoms with Crippen molar-refractivity contribution in [2.75, 3.05) is 21.3 Å². The highest BCUT2D eigenvalue weighted by Gasteiger charge is 2.24. The molecule has 0 radical (unpaired) electrons. The van der Waals surface area contributed by atoms with Crippen LogP contribution in [0.3, 0.4) is 0 Å². The van der Waals surface area contributed by atoms with Crippen molar-refractivity contribution in [2.24, 2.45) is 0 Å². The number of ketones is 1. The molecule has 30 heavy (non-hydrogen) atoms. The number of phenols is 1. The Morgan fingerprint density at radius 2 is 1.20 bits per heavy atom. The highest BCUT2D eigenvalue weighted by atomic mass is 16.5. The number of hydrogen-bond donors (Lipinski definition) is 1. The standard InChI is InChI=1S/C25H42O5/c1-5-6-7-8-9-10-11-12-13-14-15-16-17-18-20(26)23-21(28-2)19-22(29-3)25(30-4)24(23)27/h19,27H,5-18H2,1-4H3. The van der Waals surface area contributed by atoms with Gasteiger partial charge in [0, 0.05) is 12.5 Å². The minimum atomic E-state index is -0.214. The number of carbonyl (C=O) groups is 1. The summed E-state index contributed by atoms with van der Waals surface area (Å²) < 4.78 is 15.7. The predicted octanol–water partition coefficient (Wildman–Crippen LogP) is 7.08. The molecule has 1 aromatic carbocycles. The van der Waals surface area contributed by atoms with Crippen LogP contribution in [0, 0.1) is 0 Å². The van der Waals surface area contributed by atoms with Gasteiger partial charge in [0.05, 0.1) is 21.3 Å². The van der Waals surface area contributed by atoms with Gasteiger partial charge in [-0.3, -0.25) is 4.79 Å². The number of benzene rings is 1. The average Bonchev–Trinajstić information content (AvgIpc) is 2.75. The second-order valence-corrected chi connectivity index (χ2v) is 7.95. The van der Waals surface area contributed by atoms with Gasteiger partial charge < -0.3 is 19.3 Å². The fraction of sp³-hybridized carbons (Fsp3) is 0.720. The van der Waals surface area contributed by atoms with Gasteiger partial charge in [-0.05, 0) is 6.42 Å². The SMILES string of the molecule is CCCCCCCCCCCCCCCC(=O)c1c(OC)cc(OC)c(OC)c1O. The van der Waals surface area contributed by atoms with Crippen molar-refractivity contribution in [2.45, 2.75) is 96.8 Å². The van der Waals surface area contributed by atoms with E-state index in [1.807, 2.05) is 0 Å². The van der Waals surface area contributed by atoms with Gasteiger partial charge in [0.15, 0.2) is 17.3 Å². The smallest absolute Gasteiger partial charge is 0.204 e. The van der Waals surface area contributed by atoms with Gasteiger partial charge >= 0.3 is 0 Å². The molecule has 0 saturated heterocycles. The van der Waals surface area contributed by atoms with E-state index in [0.717, 1.165) is 19.3 Å². The topological polar surface area (TPSA) is 65.0 Å². The summed E-state index contributed by atoms with van der Waals surface area (Å²) in [7, 11) is 4.39. The second kappa shape index (κ2) is 15.9. The van der Waals surface area contributed by atoms with Gasteiger partial charge in [-0.2, -0.15) is 0 Å². The van der Waals surface area contributed by atoms with E-state index in [-0.39, 0.29) is 22.8 Å². The van der Waals surface area contributed by atoms with Crippen molar-refractivity contribution in [3.05, 3.63) is 11.6 Å². The number of methoxy groups -OCH3 is 3. The molecule has 0 fully saturated rings. The lowest BCUT2D eigenvalue weighted by molar-refractivity contribution is 0.0972. The number of rotatable bonds is 18. The van der Waals surface area contributed by atoms with E-state index >= 15 is 0 Å². The third-order valence-corrected chi connectivity index (χ3v) is 5.61. The fourth-order valence-corrected chi connectivity index (χ4v) is 3.81. The van der Waals surface area contributed by atoms with E-state index < -0.39 is 0 Å². The van der Waals surface area contributed by atoms with Gasteiger partial charge in [0.2, 0.25) is 5.75 Å². The maximum absolute atomic E-state index is 12.7. The quantitative estimate of drug-likeness (QED) is 0.202. The van der Waals surface area contributed by atoms with E-state index in [0.29, 0.717) is 17.9 Å². The second-order valence-electron chi connectivity index (χ2n) is 7.95. The molecule has 0 spiro atoms. The third-order valence-electron chi connectivity index (χ3n) is 5.61. The number of carbonyl (C=O) groups excluding carboxylic acids is 1. The maximum atomic E-state index is 12.7. The molecule has 0 aromatic heterocycles. The fourth-order valence-electron chi connectivity index (χ4n) is 3.81. The van der Waals surface area contributed by atoms with Crippen LogP contribution in [-0.2, 0) is 0 Å². The van der Waals surface area contributed by atoms with Crippen molar-refractivity contribution >= 4 is 5.78 Å². The largest absolute Gasteiger partial charge is 0.504 e. The van der Waals surface area contributed by atoms with E-state index in [1.54, 1.807) is 6.07 Å². The summed E-state index contributed by atoms with van der Waals surface area (Å²) in [5.74, 6) is 0.461. The summed E-state index contributed by atoms with van der Waals surface area (Å²) in [5.41, 5.74) is 0.175. The summed E-state index contributed by atoms with van der Waals surface area (Å²) in [6.45, 7) is 2.26. The number of Topliss-reactive ketones (excluding diaryl/α,β-unsaturated/α-hetero) is 1. The molecule has 5 heteroatoms. The van der Waals surface area contributed by atoms with E-state index in [9.17, 15) is 9.90 Å². The van der Waals surface area contributed by atoms with Crippen LogP contribution in [0.25, 0.3) is 0 Å². The zero-order valence-electron chi connectivity index (χ0n) is 19.6. The maximum Gasteiger partial charge on any atom is 0.204 e. The molecule has 5 nitrogen and oxygen atoms in total. The van der Waals surface area contributed by atoms with E-state index in [1.165, 1.54) is 85.5 Å². The molecule has 0 atom stereocenters. The Morgan fingerprint density at radius 1 is 0.733 bits per heavy atom. The molecule has 0 saturated carbocycles. The normalized spacial score (nSPS) is 10.8. The summed E-state index contributed by atoms with van der Waals surface area (Å²) in [4.78, 5) is 12.7. The van der Waals surface area contributed by atoms with Gasteiger partial charge in [-0.1, -0.05) is 84.0 Å². The number of unbranched alkanes of at least 4 members (excludes halogenated alkanes) is 12. The molecule has 0 aliphatic carbocycles. The van der Waals surface area contributed by atoms with Crippen molar-refractivity contribution in [1.29, 1.82) is 0 Å². The molecule has 1 aromatic rings. The third kappa shape index (κ3) is 8.85. The molecule has 0 bridgehead atoms. The zero-order valence-corrected chi connectivity index (χ0v) is 19.6. The number of hydrogen-bond acceptors (Lipinski definition) is 5. The number of aromatic hydroxyl groups is 1. The van der Waals surface area contributed by atoms with E-state index in [4.69, 9.17) is 14.2 Å². The minimum absolute atomic E-state index is 0.131. The first-order valence-corrected chi connectivity index (χ1v) is 11.7. The molecule has 0 amide bonds. The molecule has 0 aliphatic rings. The molecule has 1 N–H and O–H groups in total. The highest BCUT2D eigenvalue weighted by molar-refractivity contribution is 6.02. The van der Waals surface area contributed by atoms with Gasteiger partial charge in [0.25, 0.3) is 0 Å². The Balaban J connectivity index is 2.28. The zero-order chi connectivity index (χ0) is 22.2. The van der Waals surface area contributed by atoms with Crippen LogP contribution in [0.1, 0.15) is 107 Å². The van der Waals surface area contributed by atoms with Crippen LogP contribution in [0.2, 0.25) is 0 Å². The Bertz CT molecular complexity index is 612. The predicted molar refractivity (Wildman–Crippen MR) is 122 cm³/mol. The number of phenolic OH excluding ortho intramolecular Hbond substituents is 1. The monoisotopic (exact) mass is 422 g/mol. The lowest BCUT2D eigenvalue weighted by Crippen LogP contribution is -2.05. The molecular weight excluding hydrogens is 380 g/mol. The molecule has 0 unspecified atom stereocenters. The number of ether oxygens (including phenoxy) is 3. The lowest BCUT2D eigenvalue weighted by atomic mass is 10.0. The Kier molecular flexibility index (Phi) is 13.8. The van der Waals surface area contributed by atoms with Gasteiger partial charge in [0.1, 0.15) is 11.3 Å². The molecule has 1 rings (SSSR count). The van der Waals surface area contributed by atoms with Crippen LogP contribution in [0.15, 0.2) is 6.07 Å². The van der Waals surface area contributed by atoms with Crippen LogP contribution in [0.5, 0.6) is 23.0 Å². The first-order valence-electron chi connectivity index (χ1n) is 11.7. The van der Waals surface area contributed by atoms with Crippen molar-refractivity contribution in [3.63, 3.8) is 0 Å². The Morgan fingerprint density at radius 3 is 1.63 bits per heavy atom. The van der Waals surface area contributed by atoms with Gasteiger partial charge in [-0.25, -0.2) is 0 Å². The first-order chi connectivity index (χ1) is 14.6. The van der Waals surface area contributed by atoms with Crippen LogP contribution < -0.4 is 14.2 Å². The van der Waals surface area contributed by atoms with Crippen molar-refractivity contribution in [3.8, 4) is 23.0 Å². The Hall–Kier alpha value is -1.91. The molecule has 0 aliphatic heterocycles. The minimum Gasteiger partial charge on any atom is -0.504 e. The first kappa shape index (κ1) is 26.1. The highest BCUT2D eigenvalue weighted by Crippen LogP contribution is 2.44. The molecule has 0 heterocycles. The molecule has 172 valence electrons. The van der Waals surface area contributed by atoms with Crippen LogP contribution in [-0.4, -0.2) is 32.2 Å². The summed E-state index contributed by atoms with van der Waals surface area (Å²) in [6, 6.07) is 1.58. The van der Waals surface area contributed by atoms with Crippen LogP contribution in [0.4, 0.5) is 0 Å². The summed E-state index contributed by atoms with van der Waals surface area (Å²) in [5, 5.41) is 10.5. The van der Waals surface area contributed by atoms with Crippen molar-refractivity contribution < 1.29 is 24.1 Å². The molecular formula is C25H42O5. The average molecular weight is 423 g/mol.